The molecule has 1 aromatic carbocycles. The van der Waals surface area contributed by atoms with Crippen LogP contribution in [0.1, 0.15) is 33.6 Å². The van der Waals surface area contributed by atoms with Gasteiger partial charge in [0.2, 0.25) is 5.95 Å². The number of para-hydroxylation sites is 1. The van der Waals surface area contributed by atoms with Crippen molar-refractivity contribution in [2.45, 2.75) is 43.9 Å². The first-order valence-electron chi connectivity index (χ1n) is 6.91. The van der Waals surface area contributed by atoms with E-state index in [0.29, 0.717) is 5.25 Å². The highest BCUT2D eigenvalue weighted by Crippen LogP contribution is 2.30. The third kappa shape index (κ3) is 3.60. The summed E-state index contributed by atoms with van der Waals surface area (Å²) in [6.45, 7) is 7.49. The zero-order valence-corrected chi connectivity index (χ0v) is 12.6. The lowest BCUT2D eigenvalue weighted by Crippen LogP contribution is -2.06. The number of hydrogen-bond donors (Lipinski definition) is 1. The molecule has 0 bridgehead atoms. The lowest BCUT2D eigenvalue weighted by molar-refractivity contribution is 0.899. The van der Waals surface area contributed by atoms with Crippen molar-refractivity contribution in [2.24, 2.45) is 0 Å². The fourth-order valence-corrected chi connectivity index (χ4v) is 2.71. The highest BCUT2D eigenvalue weighted by atomic mass is 32.2. The van der Waals surface area contributed by atoms with Crippen molar-refractivity contribution >= 4 is 28.6 Å². The lowest BCUT2D eigenvalue weighted by Gasteiger charge is -2.12. The number of aromatic nitrogens is 2. The summed E-state index contributed by atoms with van der Waals surface area (Å²) in [5, 5.41) is 6.08. The molecule has 4 heteroatoms. The molecular weight excluding hydrogens is 254 g/mol. The standard InChI is InChI=1S/C15H21N3S/c1-4-10-16-15-17-13-9-7-6-8-12(13)14(18-15)19-11(3)5-2/h6-9,11H,4-5,10H2,1-3H3,(H,16,17,18). The Morgan fingerprint density at radius 3 is 2.74 bits per heavy atom. The van der Waals surface area contributed by atoms with Crippen molar-refractivity contribution < 1.29 is 0 Å². The molecule has 0 radical (unpaired) electrons. The van der Waals surface area contributed by atoms with E-state index in [4.69, 9.17) is 0 Å². The smallest absolute Gasteiger partial charge is 0.224 e. The minimum atomic E-state index is 0.567. The van der Waals surface area contributed by atoms with Gasteiger partial charge in [0, 0.05) is 17.2 Å². The summed E-state index contributed by atoms with van der Waals surface area (Å²) >= 11 is 1.83. The predicted molar refractivity (Wildman–Crippen MR) is 83.9 cm³/mol. The van der Waals surface area contributed by atoms with Gasteiger partial charge >= 0.3 is 0 Å². The number of thioether (sulfide) groups is 1. The first-order chi connectivity index (χ1) is 9.24. The van der Waals surface area contributed by atoms with Gasteiger partial charge in [0.15, 0.2) is 0 Å². The second-order valence-electron chi connectivity index (χ2n) is 4.63. The van der Waals surface area contributed by atoms with Gasteiger partial charge in [-0.2, -0.15) is 0 Å². The molecule has 0 saturated heterocycles. The maximum absolute atomic E-state index is 4.67. The average molecular weight is 275 g/mol. The van der Waals surface area contributed by atoms with Crippen molar-refractivity contribution in [3.05, 3.63) is 24.3 Å². The van der Waals surface area contributed by atoms with Crippen LogP contribution in [-0.2, 0) is 0 Å². The fourth-order valence-electron chi connectivity index (χ4n) is 1.73. The highest BCUT2D eigenvalue weighted by Gasteiger charge is 2.10. The Hall–Kier alpha value is -1.29. The van der Waals surface area contributed by atoms with Gasteiger partial charge in [-0.15, -0.1) is 11.8 Å². The van der Waals surface area contributed by atoms with Gasteiger partial charge in [-0.25, -0.2) is 9.97 Å². The second kappa shape index (κ2) is 6.75. The van der Waals surface area contributed by atoms with Crippen LogP contribution >= 0.6 is 11.8 Å². The summed E-state index contributed by atoms with van der Waals surface area (Å²) < 4.78 is 0. The Morgan fingerprint density at radius 1 is 1.21 bits per heavy atom. The summed E-state index contributed by atoms with van der Waals surface area (Å²) in [6.07, 6.45) is 2.21. The van der Waals surface area contributed by atoms with Crippen LogP contribution in [-0.4, -0.2) is 21.8 Å². The van der Waals surface area contributed by atoms with Crippen LogP contribution in [0, 0.1) is 0 Å². The average Bonchev–Trinajstić information content (AvgIpc) is 2.45. The molecule has 0 amide bonds. The Kier molecular flexibility index (Phi) is 5.02. The molecule has 1 aromatic heterocycles. The topological polar surface area (TPSA) is 37.8 Å². The highest BCUT2D eigenvalue weighted by molar-refractivity contribution is 8.00. The molecule has 0 aliphatic heterocycles. The van der Waals surface area contributed by atoms with Gasteiger partial charge < -0.3 is 5.32 Å². The van der Waals surface area contributed by atoms with Gasteiger partial charge in [0.1, 0.15) is 5.03 Å². The molecule has 2 rings (SSSR count). The molecule has 2 aromatic rings. The quantitative estimate of drug-likeness (QED) is 0.628. The number of rotatable bonds is 6. The Morgan fingerprint density at radius 2 is 2.00 bits per heavy atom. The van der Waals surface area contributed by atoms with Gasteiger partial charge in [0.05, 0.1) is 5.52 Å². The molecule has 0 aliphatic rings. The Bertz CT molecular complexity index is 542. The van der Waals surface area contributed by atoms with E-state index in [0.717, 1.165) is 41.3 Å². The molecule has 0 fully saturated rings. The Labute approximate surface area is 119 Å². The third-order valence-corrected chi connectivity index (χ3v) is 4.26. The minimum absolute atomic E-state index is 0.567. The van der Waals surface area contributed by atoms with Gasteiger partial charge in [-0.1, -0.05) is 39.0 Å². The van der Waals surface area contributed by atoms with Crippen LogP contribution in [0.3, 0.4) is 0 Å². The fraction of sp³-hybridized carbons (Fsp3) is 0.467. The maximum Gasteiger partial charge on any atom is 0.224 e. The van der Waals surface area contributed by atoms with Crippen LogP contribution in [0.15, 0.2) is 29.3 Å². The minimum Gasteiger partial charge on any atom is -0.354 e. The summed E-state index contributed by atoms with van der Waals surface area (Å²) in [4.78, 5) is 9.24. The van der Waals surface area contributed by atoms with Crippen LogP contribution in [0.4, 0.5) is 5.95 Å². The predicted octanol–water partition coefficient (Wildman–Crippen LogP) is 4.34. The summed E-state index contributed by atoms with van der Waals surface area (Å²) in [7, 11) is 0. The Balaban J connectivity index is 2.39. The van der Waals surface area contributed by atoms with E-state index in [1.54, 1.807) is 0 Å². The normalized spacial score (nSPS) is 12.6. The molecule has 1 atom stereocenters. The molecule has 1 N–H and O–H groups in total. The van der Waals surface area contributed by atoms with Crippen LogP contribution in [0.25, 0.3) is 10.9 Å². The van der Waals surface area contributed by atoms with Gasteiger partial charge in [-0.3, -0.25) is 0 Å². The lowest BCUT2D eigenvalue weighted by atomic mass is 10.2. The monoisotopic (exact) mass is 275 g/mol. The van der Waals surface area contributed by atoms with Crippen molar-refractivity contribution in [3.63, 3.8) is 0 Å². The maximum atomic E-state index is 4.67. The summed E-state index contributed by atoms with van der Waals surface area (Å²) in [6, 6.07) is 8.22. The molecule has 0 saturated carbocycles. The van der Waals surface area contributed by atoms with E-state index in [9.17, 15) is 0 Å². The number of fused-ring (bicyclic) bond motifs is 1. The first kappa shape index (κ1) is 14.1. The van der Waals surface area contributed by atoms with E-state index in [1.807, 2.05) is 23.9 Å². The molecule has 1 unspecified atom stereocenters. The number of anilines is 1. The van der Waals surface area contributed by atoms with E-state index in [-0.39, 0.29) is 0 Å². The summed E-state index contributed by atoms with van der Waals surface area (Å²) in [5.74, 6) is 0.742. The zero-order chi connectivity index (χ0) is 13.7. The van der Waals surface area contributed by atoms with Crippen LogP contribution in [0.5, 0.6) is 0 Å². The SMILES string of the molecule is CCCNc1nc(SC(C)CC)c2ccccc2n1. The van der Waals surface area contributed by atoms with Crippen LogP contribution in [0.2, 0.25) is 0 Å². The molecule has 3 nitrogen and oxygen atoms in total. The largest absolute Gasteiger partial charge is 0.354 e. The van der Waals surface area contributed by atoms with Gasteiger partial charge in [-0.05, 0) is 18.9 Å². The van der Waals surface area contributed by atoms with Crippen LogP contribution < -0.4 is 5.32 Å². The van der Waals surface area contributed by atoms with Crippen molar-refractivity contribution in [1.82, 2.24) is 9.97 Å². The zero-order valence-electron chi connectivity index (χ0n) is 11.8. The molecule has 1 heterocycles. The number of nitrogens with zero attached hydrogens (tertiary/aromatic N) is 2. The molecular formula is C15H21N3S. The van der Waals surface area contributed by atoms with Crippen molar-refractivity contribution in [2.75, 3.05) is 11.9 Å². The molecule has 102 valence electrons. The molecule has 19 heavy (non-hydrogen) atoms. The first-order valence-corrected chi connectivity index (χ1v) is 7.79. The van der Waals surface area contributed by atoms with Crippen molar-refractivity contribution in [3.8, 4) is 0 Å². The van der Waals surface area contributed by atoms with Gasteiger partial charge in [0.25, 0.3) is 0 Å². The number of nitrogens with one attached hydrogen (secondary N) is 1. The van der Waals surface area contributed by atoms with E-state index in [1.165, 1.54) is 0 Å². The van der Waals surface area contributed by atoms with E-state index >= 15 is 0 Å². The number of hydrogen-bond acceptors (Lipinski definition) is 4. The molecule has 0 spiro atoms. The second-order valence-corrected chi connectivity index (χ2v) is 6.06. The molecule has 0 aliphatic carbocycles. The third-order valence-electron chi connectivity index (χ3n) is 2.99. The summed E-state index contributed by atoms with van der Waals surface area (Å²) in [5.41, 5.74) is 1.02. The van der Waals surface area contributed by atoms with E-state index in [2.05, 4.69) is 48.2 Å². The van der Waals surface area contributed by atoms with E-state index < -0.39 is 0 Å². The van der Waals surface area contributed by atoms with Crippen molar-refractivity contribution in [1.29, 1.82) is 0 Å². The number of benzene rings is 1.